The second-order valence-corrected chi connectivity index (χ2v) is 4.10. The molecular formula is C11H12F2O3. The van der Waals surface area contributed by atoms with Crippen LogP contribution in [0.3, 0.4) is 0 Å². The number of aliphatic hydroxyl groups is 1. The van der Waals surface area contributed by atoms with Gasteiger partial charge in [-0.3, -0.25) is 4.79 Å². The van der Waals surface area contributed by atoms with Crippen molar-refractivity contribution in [3.05, 3.63) is 35.4 Å². The van der Waals surface area contributed by atoms with Crippen molar-refractivity contribution in [2.24, 2.45) is 5.41 Å². The van der Waals surface area contributed by atoms with E-state index in [0.29, 0.717) is 6.07 Å². The lowest BCUT2D eigenvalue weighted by Crippen LogP contribution is -2.31. The van der Waals surface area contributed by atoms with Crippen molar-refractivity contribution in [2.45, 2.75) is 20.0 Å². The summed E-state index contributed by atoms with van der Waals surface area (Å²) in [6.07, 6.45) is -1.54. The van der Waals surface area contributed by atoms with E-state index in [-0.39, 0.29) is 5.56 Å². The van der Waals surface area contributed by atoms with Crippen LogP contribution in [0.4, 0.5) is 8.78 Å². The van der Waals surface area contributed by atoms with E-state index in [2.05, 4.69) is 0 Å². The molecule has 0 saturated carbocycles. The lowest BCUT2D eigenvalue weighted by atomic mass is 9.82. The van der Waals surface area contributed by atoms with Gasteiger partial charge in [0.05, 0.1) is 11.5 Å². The number of rotatable bonds is 3. The molecule has 0 fully saturated rings. The molecule has 0 radical (unpaired) electrons. The van der Waals surface area contributed by atoms with Crippen molar-refractivity contribution < 1.29 is 23.8 Å². The van der Waals surface area contributed by atoms with Gasteiger partial charge in [0.25, 0.3) is 0 Å². The average Bonchev–Trinajstić information content (AvgIpc) is 2.16. The first-order valence-electron chi connectivity index (χ1n) is 4.63. The molecule has 0 bridgehead atoms. The van der Waals surface area contributed by atoms with Crippen LogP contribution in [0, 0.1) is 17.0 Å². The molecule has 0 amide bonds. The van der Waals surface area contributed by atoms with Crippen LogP contribution in [0.1, 0.15) is 25.5 Å². The van der Waals surface area contributed by atoms with Crippen LogP contribution in [0.25, 0.3) is 0 Å². The van der Waals surface area contributed by atoms with E-state index in [4.69, 9.17) is 5.11 Å². The average molecular weight is 230 g/mol. The highest BCUT2D eigenvalue weighted by Crippen LogP contribution is 2.34. The summed E-state index contributed by atoms with van der Waals surface area (Å²) in [6.45, 7) is 2.53. The molecule has 1 unspecified atom stereocenters. The van der Waals surface area contributed by atoms with Gasteiger partial charge in [-0.25, -0.2) is 8.78 Å². The summed E-state index contributed by atoms with van der Waals surface area (Å²) in [5.41, 5.74) is -1.77. The largest absolute Gasteiger partial charge is 0.481 e. The minimum absolute atomic E-state index is 0.228. The topological polar surface area (TPSA) is 57.5 Å². The predicted molar refractivity (Wildman–Crippen MR) is 52.7 cm³/mol. The van der Waals surface area contributed by atoms with Gasteiger partial charge in [0.15, 0.2) is 0 Å². The van der Waals surface area contributed by atoms with Crippen molar-refractivity contribution in [1.29, 1.82) is 0 Å². The van der Waals surface area contributed by atoms with Crippen LogP contribution >= 0.6 is 0 Å². The molecule has 0 saturated heterocycles. The van der Waals surface area contributed by atoms with Crippen LogP contribution in [0.15, 0.2) is 18.2 Å². The fraction of sp³-hybridized carbons (Fsp3) is 0.364. The molecule has 1 aromatic carbocycles. The Kier molecular flexibility index (Phi) is 3.28. The molecule has 1 aromatic rings. The number of carboxylic acids is 1. The number of hydrogen-bond donors (Lipinski definition) is 2. The third-order valence-corrected chi connectivity index (χ3v) is 2.49. The molecular weight excluding hydrogens is 218 g/mol. The molecule has 0 spiro atoms. The van der Waals surface area contributed by atoms with E-state index in [0.717, 1.165) is 12.1 Å². The molecule has 2 N–H and O–H groups in total. The number of benzene rings is 1. The Morgan fingerprint density at radius 1 is 1.38 bits per heavy atom. The summed E-state index contributed by atoms with van der Waals surface area (Å²) in [5, 5.41) is 18.6. The van der Waals surface area contributed by atoms with Crippen molar-refractivity contribution >= 4 is 5.97 Å². The first-order valence-corrected chi connectivity index (χ1v) is 4.63. The van der Waals surface area contributed by atoms with Crippen molar-refractivity contribution in [2.75, 3.05) is 0 Å². The van der Waals surface area contributed by atoms with Crippen LogP contribution in [0.2, 0.25) is 0 Å². The Bertz CT molecular complexity index is 416. The van der Waals surface area contributed by atoms with Gasteiger partial charge in [-0.1, -0.05) is 6.07 Å². The number of halogens is 2. The number of carbonyl (C=O) groups is 1. The maximum atomic E-state index is 13.3. The van der Waals surface area contributed by atoms with E-state index in [1.54, 1.807) is 0 Å². The first-order chi connectivity index (χ1) is 7.26. The van der Waals surface area contributed by atoms with Crippen LogP contribution in [-0.2, 0) is 4.79 Å². The minimum Gasteiger partial charge on any atom is -0.481 e. The lowest BCUT2D eigenvalue weighted by Gasteiger charge is -2.26. The van der Waals surface area contributed by atoms with E-state index < -0.39 is 29.1 Å². The Balaban J connectivity index is 3.14. The highest BCUT2D eigenvalue weighted by molar-refractivity contribution is 5.74. The van der Waals surface area contributed by atoms with Gasteiger partial charge in [-0.05, 0) is 19.9 Å². The predicted octanol–water partition coefficient (Wildman–Crippen LogP) is 2.11. The summed E-state index contributed by atoms with van der Waals surface area (Å²) in [6, 6.07) is 2.62. The third-order valence-electron chi connectivity index (χ3n) is 2.49. The standard InChI is InChI=1S/C11H12F2O3/c1-11(2,10(15)16)9(14)7-4-3-6(12)5-8(7)13/h3-5,9,14H,1-2H3,(H,15,16). The maximum absolute atomic E-state index is 13.3. The van der Waals surface area contributed by atoms with Gasteiger partial charge >= 0.3 is 5.97 Å². The molecule has 1 atom stereocenters. The number of hydrogen-bond acceptors (Lipinski definition) is 2. The fourth-order valence-corrected chi connectivity index (χ4v) is 1.23. The maximum Gasteiger partial charge on any atom is 0.312 e. The van der Waals surface area contributed by atoms with Gasteiger partial charge in [-0.15, -0.1) is 0 Å². The van der Waals surface area contributed by atoms with Gasteiger partial charge < -0.3 is 10.2 Å². The van der Waals surface area contributed by atoms with Gasteiger partial charge in [0, 0.05) is 11.6 Å². The monoisotopic (exact) mass is 230 g/mol. The van der Waals surface area contributed by atoms with Crippen molar-refractivity contribution in [1.82, 2.24) is 0 Å². The zero-order valence-corrected chi connectivity index (χ0v) is 8.87. The van der Waals surface area contributed by atoms with E-state index in [1.807, 2.05) is 0 Å². The summed E-state index contributed by atoms with van der Waals surface area (Å²) >= 11 is 0. The molecule has 3 nitrogen and oxygen atoms in total. The fourth-order valence-electron chi connectivity index (χ4n) is 1.23. The van der Waals surface area contributed by atoms with E-state index in [9.17, 15) is 18.7 Å². The smallest absolute Gasteiger partial charge is 0.312 e. The molecule has 5 heteroatoms. The Morgan fingerprint density at radius 2 is 1.94 bits per heavy atom. The summed E-state index contributed by atoms with van der Waals surface area (Å²) in [5.74, 6) is -2.99. The summed E-state index contributed by atoms with van der Waals surface area (Å²) in [4.78, 5) is 10.9. The molecule has 0 aliphatic heterocycles. The lowest BCUT2D eigenvalue weighted by molar-refractivity contribution is -0.153. The Morgan fingerprint density at radius 3 is 2.38 bits per heavy atom. The van der Waals surface area contributed by atoms with Gasteiger partial charge in [-0.2, -0.15) is 0 Å². The van der Waals surface area contributed by atoms with E-state index in [1.165, 1.54) is 13.8 Å². The van der Waals surface area contributed by atoms with E-state index >= 15 is 0 Å². The molecule has 0 aromatic heterocycles. The van der Waals surface area contributed by atoms with Crippen molar-refractivity contribution in [3.63, 3.8) is 0 Å². The van der Waals surface area contributed by atoms with Gasteiger partial charge in [0.1, 0.15) is 11.6 Å². The molecule has 88 valence electrons. The highest BCUT2D eigenvalue weighted by Gasteiger charge is 2.38. The Hall–Kier alpha value is -1.49. The summed E-state index contributed by atoms with van der Waals surface area (Å²) in [7, 11) is 0. The third kappa shape index (κ3) is 2.19. The minimum atomic E-state index is -1.54. The Labute approximate surface area is 91.3 Å². The van der Waals surface area contributed by atoms with Crippen LogP contribution < -0.4 is 0 Å². The van der Waals surface area contributed by atoms with Crippen molar-refractivity contribution in [3.8, 4) is 0 Å². The molecule has 0 aliphatic rings. The highest BCUT2D eigenvalue weighted by atomic mass is 19.1. The molecule has 1 rings (SSSR count). The first kappa shape index (κ1) is 12.6. The number of carboxylic acid groups (broad SMARTS) is 1. The van der Waals surface area contributed by atoms with Gasteiger partial charge in [0.2, 0.25) is 0 Å². The second-order valence-electron chi connectivity index (χ2n) is 4.10. The summed E-state index contributed by atoms with van der Waals surface area (Å²) < 4.78 is 25.9. The zero-order valence-electron chi connectivity index (χ0n) is 8.87. The normalized spacial score (nSPS) is 13.6. The molecule has 0 heterocycles. The number of aliphatic hydroxyl groups excluding tert-OH is 1. The quantitative estimate of drug-likeness (QED) is 0.836. The number of aliphatic carboxylic acids is 1. The van der Waals surface area contributed by atoms with Crippen LogP contribution in [-0.4, -0.2) is 16.2 Å². The molecule has 0 aliphatic carbocycles. The zero-order chi connectivity index (χ0) is 12.5. The SMILES string of the molecule is CC(C)(C(=O)O)C(O)c1ccc(F)cc1F. The molecule has 16 heavy (non-hydrogen) atoms. The van der Waals surface area contributed by atoms with Crippen LogP contribution in [0.5, 0.6) is 0 Å². The second kappa shape index (κ2) is 4.17.